The van der Waals surface area contributed by atoms with Crippen molar-refractivity contribution in [2.75, 3.05) is 16.8 Å². The average molecular weight is 378 g/mol. The molecule has 0 aromatic heterocycles. The number of carbonyl (C=O) groups is 2. The van der Waals surface area contributed by atoms with Gasteiger partial charge in [-0.05, 0) is 42.3 Å². The van der Waals surface area contributed by atoms with E-state index >= 15 is 0 Å². The molecule has 0 unspecified atom stereocenters. The maximum atomic E-state index is 12.9. The summed E-state index contributed by atoms with van der Waals surface area (Å²) in [5, 5.41) is 2.72. The van der Waals surface area contributed by atoms with Crippen molar-refractivity contribution < 1.29 is 22.8 Å². The van der Waals surface area contributed by atoms with Gasteiger partial charge in [-0.1, -0.05) is 25.1 Å². The first-order valence-electron chi connectivity index (χ1n) is 8.55. The van der Waals surface area contributed by atoms with Gasteiger partial charge in [0.2, 0.25) is 11.8 Å². The highest BCUT2D eigenvalue weighted by Crippen LogP contribution is 2.31. The minimum absolute atomic E-state index is 0.0183. The Morgan fingerprint density at radius 2 is 1.74 bits per heavy atom. The van der Waals surface area contributed by atoms with Crippen LogP contribution >= 0.6 is 0 Å². The van der Waals surface area contributed by atoms with Crippen molar-refractivity contribution in [2.45, 2.75) is 32.9 Å². The first-order valence-corrected chi connectivity index (χ1v) is 8.55. The van der Waals surface area contributed by atoms with Crippen molar-refractivity contribution in [1.29, 1.82) is 0 Å². The van der Waals surface area contributed by atoms with E-state index in [9.17, 15) is 22.8 Å². The summed E-state index contributed by atoms with van der Waals surface area (Å²) in [5.41, 5.74) is 1.04. The molecular formula is C20H21F3N2O2. The SMILES string of the molecule is CCc1ccc(NC(=O)CCN(C(C)=O)c2cccc(C(F)(F)F)c2)cc1. The second-order valence-corrected chi connectivity index (χ2v) is 6.07. The lowest BCUT2D eigenvalue weighted by molar-refractivity contribution is -0.137. The molecule has 0 aliphatic carbocycles. The molecule has 0 aliphatic rings. The number of benzene rings is 2. The van der Waals surface area contributed by atoms with Crippen molar-refractivity contribution in [2.24, 2.45) is 0 Å². The van der Waals surface area contributed by atoms with Gasteiger partial charge in [0, 0.05) is 31.3 Å². The third-order valence-corrected chi connectivity index (χ3v) is 4.07. The molecule has 1 N–H and O–H groups in total. The summed E-state index contributed by atoms with van der Waals surface area (Å²) in [5.74, 6) is -0.758. The first-order chi connectivity index (χ1) is 12.7. The molecule has 2 aromatic carbocycles. The van der Waals surface area contributed by atoms with E-state index in [-0.39, 0.29) is 24.6 Å². The second kappa shape index (κ2) is 8.70. The van der Waals surface area contributed by atoms with Crippen molar-refractivity contribution in [1.82, 2.24) is 0 Å². The molecule has 0 atom stereocenters. The van der Waals surface area contributed by atoms with Crippen LogP contribution in [0.4, 0.5) is 24.5 Å². The summed E-state index contributed by atoms with van der Waals surface area (Å²) >= 11 is 0. The highest BCUT2D eigenvalue weighted by molar-refractivity contribution is 5.94. The number of nitrogens with zero attached hydrogens (tertiary/aromatic N) is 1. The minimum Gasteiger partial charge on any atom is -0.326 e. The molecule has 0 saturated heterocycles. The molecule has 0 bridgehead atoms. The minimum atomic E-state index is -4.50. The summed E-state index contributed by atoms with van der Waals surface area (Å²) in [4.78, 5) is 25.1. The van der Waals surface area contributed by atoms with Crippen LogP contribution in [0.3, 0.4) is 0 Å². The number of anilines is 2. The van der Waals surface area contributed by atoms with Crippen molar-refractivity contribution in [3.63, 3.8) is 0 Å². The molecular weight excluding hydrogens is 357 g/mol. The van der Waals surface area contributed by atoms with E-state index in [0.29, 0.717) is 5.69 Å². The van der Waals surface area contributed by atoms with Gasteiger partial charge in [-0.25, -0.2) is 0 Å². The van der Waals surface area contributed by atoms with Crippen LogP contribution in [0, 0.1) is 0 Å². The van der Waals surface area contributed by atoms with Crippen molar-refractivity contribution in [3.05, 3.63) is 59.7 Å². The molecule has 2 aromatic rings. The highest BCUT2D eigenvalue weighted by atomic mass is 19.4. The normalized spacial score (nSPS) is 11.1. The molecule has 2 amide bonds. The lowest BCUT2D eigenvalue weighted by atomic mass is 10.1. The monoisotopic (exact) mass is 378 g/mol. The fourth-order valence-electron chi connectivity index (χ4n) is 2.58. The zero-order chi connectivity index (χ0) is 20.0. The second-order valence-electron chi connectivity index (χ2n) is 6.07. The molecule has 2 rings (SSSR count). The number of amides is 2. The largest absolute Gasteiger partial charge is 0.416 e. The summed E-state index contributed by atoms with van der Waals surface area (Å²) in [6, 6.07) is 11.9. The zero-order valence-electron chi connectivity index (χ0n) is 15.1. The Kier molecular flexibility index (Phi) is 6.60. The number of hydrogen-bond acceptors (Lipinski definition) is 2. The molecule has 0 spiro atoms. The number of aryl methyl sites for hydroxylation is 1. The molecule has 0 aliphatic heterocycles. The number of hydrogen-bond donors (Lipinski definition) is 1. The van der Waals surface area contributed by atoms with Gasteiger partial charge in [0.15, 0.2) is 0 Å². The van der Waals surface area contributed by atoms with Gasteiger partial charge in [-0.3, -0.25) is 9.59 Å². The van der Waals surface area contributed by atoms with Gasteiger partial charge in [0.05, 0.1) is 5.56 Å². The van der Waals surface area contributed by atoms with Crippen molar-refractivity contribution >= 4 is 23.2 Å². The third-order valence-electron chi connectivity index (χ3n) is 4.07. The average Bonchev–Trinajstić information content (AvgIpc) is 2.62. The highest BCUT2D eigenvalue weighted by Gasteiger charge is 2.31. The van der Waals surface area contributed by atoms with E-state index < -0.39 is 17.6 Å². The van der Waals surface area contributed by atoms with Crippen LogP contribution in [0.5, 0.6) is 0 Å². The summed E-state index contributed by atoms with van der Waals surface area (Å²) in [6.45, 7) is 3.26. The van der Waals surface area contributed by atoms with E-state index in [1.54, 1.807) is 12.1 Å². The van der Waals surface area contributed by atoms with E-state index in [0.717, 1.165) is 29.0 Å². The van der Waals surface area contributed by atoms with Crippen molar-refractivity contribution in [3.8, 4) is 0 Å². The molecule has 0 radical (unpaired) electrons. The summed E-state index contributed by atoms with van der Waals surface area (Å²) in [6.07, 6.45) is -3.65. The Morgan fingerprint density at radius 1 is 1.07 bits per heavy atom. The predicted molar refractivity (Wildman–Crippen MR) is 98.5 cm³/mol. The quantitative estimate of drug-likeness (QED) is 0.796. The zero-order valence-corrected chi connectivity index (χ0v) is 15.1. The molecule has 7 heteroatoms. The van der Waals surface area contributed by atoms with E-state index in [2.05, 4.69) is 5.32 Å². The maximum absolute atomic E-state index is 12.9. The fraction of sp³-hybridized carbons (Fsp3) is 0.300. The Hall–Kier alpha value is -2.83. The molecule has 0 heterocycles. The fourth-order valence-corrected chi connectivity index (χ4v) is 2.58. The Balaban J connectivity index is 2.04. The maximum Gasteiger partial charge on any atom is 0.416 e. The van der Waals surface area contributed by atoms with Crippen LogP contribution in [-0.4, -0.2) is 18.4 Å². The number of carbonyl (C=O) groups excluding carboxylic acids is 2. The van der Waals surface area contributed by atoms with Crippen LogP contribution in [0.2, 0.25) is 0 Å². The van der Waals surface area contributed by atoms with Crippen LogP contribution in [0.1, 0.15) is 31.4 Å². The molecule has 0 saturated carbocycles. The Labute approximate surface area is 156 Å². The van der Waals surface area contributed by atoms with Gasteiger partial charge in [0.1, 0.15) is 0 Å². The van der Waals surface area contributed by atoms with Gasteiger partial charge in [-0.15, -0.1) is 0 Å². The topological polar surface area (TPSA) is 49.4 Å². The van der Waals surface area contributed by atoms with Gasteiger partial charge in [-0.2, -0.15) is 13.2 Å². The lowest BCUT2D eigenvalue weighted by Crippen LogP contribution is -2.32. The smallest absolute Gasteiger partial charge is 0.326 e. The Bertz CT molecular complexity index is 802. The molecule has 0 fully saturated rings. The van der Waals surface area contributed by atoms with E-state index in [1.165, 1.54) is 19.1 Å². The number of alkyl halides is 3. The lowest BCUT2D eigenvalue weighted by Gasteiger charge is -2.22. The van der Waals surface area contributed by atoms with Crippen LogP contribution in [-0.2, 0) is 22.2 Å². The third kappa shape index (κ3) is 5.84. The Morgan fingerprint density at radius 3 is 2.30 bits per heavy atom. The van der Waals surface area contributed by atoms with Gasteiger partial charge < -0.3 is 10.2 Å². The number of nitrogens with one attached hydrogen (secondary N) is 1. The first kappa shape index (κ1) is 20.5. The van der Waals surface area contributed by atoms with E-state index in [4.69, 9.17) is 0 Å². The number of rotatable bonds is 6. The van der Waals surface area contributed by atoms with Crippen LogP contribution < -0.4 is 10.2 Å². The standard InChI is InChI=1S/C20H21F3N2O2/c1-3-15-7-9-17(10-8-15)24-19(27)11-12-25(14(2)26)18-6-4-5-16(13-18)20(21,22)23/h4-10,13H,3,11-12H2,1-2H3,(H,24,27). The summed E-state index contributed by atoms with van der Waals surface area (Å²) in [7, 11) is 0. The van der Waals surface area contributed by atoms with Crippen LogP contribution in [0.15, 0.2) is 48.5 Å². The van der Waals surface area contributed by atoms with E-state index in [1.807, 2.05) is 19.1 Å². The predicted octanol–water partition coefficient (Wildman–Crippen LogP) is 4.65. The molecule has 4 nitrogen and oxygen atoms in total. The molecule has 27 heavy (non-hydrogen) atoms. The van der Waals surface area contributed by atoms with Crippen LogP contribution in [0.25, 0.3) is 0 Å². The molecule has 144 valence electrons. The summed E-state index contributed by atoms with van der Waals surface area (Å²) < 4.78 is 38.6. The van der Waals surface area contributed by atoms with Gasteiger partial charge >= 0.3 is 6.18 Å². The number of halogens is 3. The van der Waals surface area contributed by atoms with Gasteiger partial charge in [0.25, 0.3) is 0 Å².